The molecular weight excluding hydrogens is 279 g/mol. The minimum absolute atomic E-state index is 0.524. The van der Waals surface area contributed by atoms with Gasteiger partial charge in [-0.2, -0.15) is 8.78 Å². The van der Waals surface area contributed by atoms with E-state index in [1.54, 1.807) is 0 Å². The third-order valence-electron chi connectivity index (χ3n) is 3.11. The van der Waals surface area contributed by atoms with Crippen molar-refractivity contribution in [2.24, 2.45) is 10.7 Å². The Hall–Kier alpha value is -2.32. The van der Waals surface area contributed by atoms with Crippen LogP contribution in [-0.4, -0.2) is 23.4 Å². The van der Waals surface area contributed by atoms with Gasteiger partial charge in [0.2, 0.25) is 5.60 Å². The van der Waals surface area contributed by atoms with Crippen molar-refractivity contribution in [1.82, 2.24) is 0 Å². The third-order valence-corrected chi connectivity index (χ3v) is 3.11. The molecule has 1 heterocycles. The first-order valence-electron chi connectivity index (χ1n) is 5.48. The van der Waals surface area contributed by atoms with Crippen LogP contribution in [0.2, 0.25) is 0 Å². The molecular formula is C11H10F3N3O3. The Morgan fingerprint density at radius 1 is 1.50 bits per heavy atom. The molecule has 6 nitrogen and oxygen atoms in total. The van der Waals surface area contributed by atoms with Crippen LogP contribution in [0.1, 0.15) is 12.5 Å². The van der Waals surface area contributed by atoms with E-state index in [0.717, 1.165) is 19.1 Å². The van der Waals surface area contributed by atoms with Crippen LogP contribution in [0, 0.1) is 15.9 Å². The van der Waals surface area contributed by atoms with Gasteiger partial charge in [0.1, 0.15) is 12.4 Å². The van der Waals surface area contributed by atoms with E-state index in [1.807, 2.05) is 0 Å². The van der Waals surface area contributed by atoms with Crippen molar-refractivity contribution in [2.45, 2.75) is 18.4 Å². The summed E-state index contributed by atoms with van der Waals surface area (Å²) >= 11 is 0. The molecule has 0 bridgehead atoms. The molecule has 0 saturated carbocycles. The van der Waals surface area contributed by atoms with E-state index < -0.39 is 46.1 Å². The lowest BCUT2D eigenvalue weighted by atomic mass is 9.87. The normalized spacial score (nSPS) is 24.7. The average molecular weight is 289 g/mol. The Labute approximate surface area is 111 Å². The molecule has 9 heteroatoms. The summed E-state index contributed by atoms with van der Waals surface area (Å²) in [6.45, 7) is -0.0753. The lowest BCUT2D eigenvalue weighted by Gasteiger charge is -2.39. The van der Waals surface area contributed by atoms with E-state index in [0.29, 0.717) is 6.07 Å². The number of nitro benzene ring substituents is 1. The molecule has 108 valence electrons. The van der Waals surface area contributed by atoms with Crippen LogP contribution in [0.4, 0.5) is 18.9 Å². The van der Waals surface area contributed by atoms with Crippen LogP contribution in [0.15, 0.2) is 23.2 Å². The number of alkyl halides is 2. The maximum atomic E-state index is 14.0. The second-order valence-electron chi connectivity index (χ2n) is 4.42. The van der Waals surface area contributed by atoms with Crippen molar-refractivity contribution in [3.05, 3.63) is 39.7 Å². The van der Waals surface area contributed by atoms with Crippen molar-refractivity contribution in [2.75, 3.05) is 6.54 Å². The smallest absolute Gasteiger partial charge is 0.310 e. The Balaban J connectivity index is 2.61. The van der Waals surface area contributed by atoms with Crippen LogP contribution < -0.4 is 5.73 Å². The predicted octanol–water partition coefficient (Wildman–Crippen LogP) is 1.93. The molecule has 0 fully saturated rings. The van der Waals surface area contributed by atoms with Crippen molar-refractivity contribution in [1.29, 1.82) is 0 Å². The van der Waals surface area contributed by atoms with Gasteiger partial charge in [-0.1, -0.05) is 0 Å². The molecule has 0 radical (unpaired) electrons. The fraction of sp³-hybridized carbons (Fsp3) is 0.364. The molecule has 1 aliphatic rings. The highest BCUT2D eigenvalue weighted by Crippen LogP contribution is 2.44. The molecule has 1 aliphatic heterocycles. The molecule has 2 rings (SSSR count). The highest BCUT2D eigenvalue weighted by molar-refractivity contribution is 5.73. The maximum Gasteiger partial charge on any atom is 0.310 e. The Morgan fingerprint density at radius 2 is 2.15 bits per heavy atom. The zero-order chi connectivity index (χ0) is 15.1. The lowest BCUT2D eigenvalue weighted by Crippen LogP contribution is -2.53. The number of aliphatic imine (C=N–C) groups is 1. The molecule has 0 aliphatic carbocycles. The zero-order valence-corrected chi connectivity index (χ0v) is 10.3. The molecule has 2 N–H and O–H groups in total. The Kier molecular flexibility index (Phi) is 3.07. The van der Waals surface area contributed by atoms with E-state index in [9.17, 15) is 23.3 Å². The summed E-state index contributed by atoms with van der Waals surface area (Å²) in [5.41, 5.74) is 1.62. The van der Waals surface area contributed by atoms with E-state index in [2.05, 4.69) is 4.99 Å². The molecule has 20 heavy (non-hydrogen) atoms. The number of benzene rings is 1. The minimum Gasteiger partial charge on any atom is -0.448 e. The van der Waals surface area contributed by atoms with Crippen LogP contribution in [0.3, 0.4) is 0 Å². The van der Waals surface area contributed by atoms with Crippen molar-refractivity contribution in [3.8, 4) is 0 Å². The summed E-state index contributed by atoms with van der Waals surface area (Å²) in [7, 11) is 0. The first-order valence-corrected chi connectivity index (χ1v) is 5.48. The van der Waals surface area contributed by atoms with E-state index in [4.69, 9.17) is 10.5 Å². The van der Waals surface area contributed by atoms with Gasteiger partial charge in [-0.15, -0.1) is 0 Å². The standard InChI is InChI=1S/C11H10F3N3O3/c1-10(11(13,14)5-16-9(15)20-10)7-4-6(17(18)19)2-3-8(7)12/h2-4H,5H2,1H3,(H2,15,16). The first kappa shape index (κ1) is 14.1. The number of ether oxygens (including phenoxy) is 1. The second kappa shape index (κ2) is 4.36. The van der Waals surface area contributed by atoms with Gasteiger partial charge in [-0.25, -0.2) is 9.38 Å². The van der Waals surface area contributed by atoms with E-state index >= 15 is 0 Å². The second-order valence-corrected chi connectivity index (χ2v) is 4.42. The van der Waals surface area contributed by atoms with Crippen molar-refractivity contribution in [3.63, 3.8) is 0 Å². The molecule has 0 aromatic heterocycles. The Morgan fingerprint density at radius 3 is 2.75 bits per heavy atom. The Bertz CT molecular complexity index is 606. The number of non-ortho nitro benzene ring substituents is 1. The molecule has 1 aromatic rings. The van der Waals surface area contributed by atoms with Gasteiger partial charge < -0.3 is 10.5 Å². The lowest BCUT2D eigenvalue weighted by molar-refractivity contribution is -0.385. The average Bonchev–Trinajstić information content (AvgIpc) is 2.35. The summed E-state index contributed by atoms with van der Waals surface area (Å²) < 4.78 is 46.6. The number of hydrogen-bond donors (Lipinski definition) is 1. The number of amidine groups is 1. The van der Waals surface area contributed by atoms with Crippen LogP contribution in [-0.2, 0) is 10.3 Å². The number of rotatable bonds is 2. The SMILES string of the molecule is CC1(c2cc([N+](=O)[O-])ccc2F)OC(N)=NCC1(F)F. The van der Waals surface area contributed by atoms with Crippen LogP contribution in [0.25, 0.3) is 0 Å². The third kappa shape index (κ3) is 2.04. The summed E-state index contributed by atoms with van der Waals surface area (Å²) in [6.07, 6.45) is 0. The summed E-state index contributed by atoms with van der Waals surface area (Å²) in [5, 5.41) is 10.7. The first-order chi connectivity index (χ1) is 9.17. The summed E-state index contributed by atoms with van der Waals surface area (Å²) in [5.74, 6) is -4.61. The monoisotopic (exact) mass is 289 g/mol. The number of nitro groups is 1. The zero-order valence-electron chi connectivity index (χ0n) is 10.3. The molecule has 0 saturated heterocycles. The fourth-order valence-electron chi connectivity index (χ4n) is 1.89. The fourth-order valence-corrected chi connectivity index (χ4v) is 1.89. The molecule has 0 amide bonds. The van der Waals surface area contributed by atoms with Crippen LogP contribution in [0.5, 0.6) is 0 Å². The summed E-state index contributed by atoms with van der Waals surface area (Å²) in [4.78, 5) is 13.1. The minimum atomic E-state index is -3.56. The van der Waals surface area contributed by atoms with Gasteiger partial charge in [0.15, 0.2) is 0 Å². The number of halogens is 3. The number of nitrogens with zero attached hydrogens (tertiary/aromatic N) is 2. The molecule has 0 spiro atoms. The molecule has 1 aromatic carbocycles. The summed E-state index contributed by atoms with van der Waals surface area (Å²) in [6, 6.07) is 1.80. The highest BCUT2D eigenvalue weighted by Gasteiger charge is 2.57. The van der Waals surface area contributed by atoms with Gasteiger partial charge in [0, 0.05) is 17.7 Å². The topological polar surface area (TPSA) is 90.8 Å². The van der Waals surface area contributed by atoms with Gasteiger partial charge in [-0.3, -0.25) is 10.1 Å². The number of nitrogens with two attached hydrogens (primary N) is 1. The quantitative estimate of drug-likeness (QED) is 0.665. The van der Waals surface area contributed by atoms with Crippen molar-refractivity contribution >= 4 is 11.7 Å². The predicted molar refractivity (Wildman–Crippen MR) is 62.9 cm³/mol. The highest BCUT2D eigenvalue weighted by atomic mass is 19.3. The van der Waals surface area contributed by atoms with E-state index in [1.165, 1.54) is 0 Å². The number of hydrogen-bond acceptors (Lipinski definition) is 5. The molecule has 1 unspecified atom stereocenters. The van der Waals surface area contributed by atoms with Gasteiger partial charge in [-0.05, 0) is 13.0 Å². The van der Waals surface area contributed by atoms with Gasteiger partial charge >= 0.3 is 5.92 Å². The van der Waals surface area contributed by atoms with Gasteiger partial charge in [0.25, 0.3) is 11.7 Å². The van der Waals surface area contributed by atoms with E-state index in [-0.39, 0.29) is 0 Å². The van der Waals surface area contributed by atoms with Crippen LogP contribution >= 0.6 is 0 Å². The largest absolute Gasteiger partial charge is 0.448 e. The molecule has 1 atom stereocenters. The van der Waals surface area contributed by atoms with Crippen molar-refractivity contribution < 1.29 is 22.8 Å². The van der Waals surface area contributed by atoms with Gasteiger partial charge in [0.05, 0.1) is 4.92 Å². The maximum absolute atomic E-state index is 14.0.